The van der Waals surface area contributed by atoms with Gasteiger partial charge < -0.3 is 0 Å². The van der Waals surface area contributed by atoms with Crippen molar-refractivity contribution in [1.29, 1.82) is 0 Å². The minimum Gasteiger partial charge on any atom is -0.292 e. The molecule has 1 aromatic heterocycles. The van der Waals surface area contributed by atoms with Crippen LogP contribution in [0.1, 0.15) is 27.5 Å². The van der Waals surface area contributed by atoms with Crippen LogP contribution in [-0.4, -0.2) is 15.6 Å². The summed E-state index contributed by atoms with van der Waals surface area (Å²) in [6.45, 7) is 2.04. The highest BCUT2D eigenvalue weighted by Crippen LogP contribution is 2.31. The lowest BCUT2D eigenvalue weighted by atomic mass is 10.1. The monoisotopic (exact) mass is 288 g/mol. The standard InChI is InChI=1S/C19H16N2O/c1-13-12-21(20-18(13)14-7-3-2-4-8-14)17-11-15-9-5-6-10-16(15)19(17)22/h2-10,12,17H,11H2,1H3. The van der Waals surface area contributed by atoms with E-state index in [1.165, 1.54) is 0 Å². The fraction of sp³-hybridized carbons (Fsp3) is 0.158. The Hall–Kier alpha value is -2.68. The maximum atomic E-state index is 12.6. The third-order valence-electron chi connectivity index (χ3n) is 4.28. The van der Waals surface area contributed by atoms with Gasteiger partial charge in [0.25, 0.3) is 0 Å². The van der Waals surface area contributed by atoms with Gasteiger partial charge in [0.15, 0.2) is 5.78 Å². The molecule has 1 atom stereocenters. The summed E-state index contributed by atoms with van der Waals surface area (Å²) in [5.41, 5.74) is 5.08. The third kappa shape index (κ3) is 1.98. The predicted octanol–water partition coefficient (Wildman–Crippen LogP) is 3.84. The van der Waals surface area contributed by atoms with E-state index in [9.17, 15) is 4.79 Å². The highest BCUT2D eigenvalue weighted by molar-refractivity contribution is 6.03. The van der Waals surface area contributed by atoms with Crippen LogP contribution in [0.2, 0.25) is 0 Å². The zero-order valence-corrected chi connectivity index (χ0v) is 12.4. The Morgan fingerprint density at radius 1 is 1.05 bits per heavy atom. The average molecular weight is 288 g/mol. The number of benzene rings is 2. The lowest BCUT2D eigenvalue weighted by molar-refractivity contribution is 0.0935. The first kappa shape index (κ1) is 13.0. The van der Waals surface area contributed by atoms with Crippen molar-refractivity contribution in [3.63, 3.8) is 0 Å². The number of Topliss-reactive ketones (excluding diaryl/α,β-unsaturated/α-hetero) is 1. The molecular weight excluding hydrogens is 272 g/mol. The molecule has 1 heterocycles. The van der Waals surface area contributed by atoms with Gasteiger partial charge in [-0.15, -0.1) is 0 Å². The lowest BCUT2D eigenvalue weighted by Crippen LogP contribution is -2.16. The molecule has 0 spiro atoms. The van der Waals surface area contributed by atoms with Gasteiger partial charge in [-0.05, 0) is 18.1 Å². The molecule has 4 rings (SSSR count). The zero-order chi connectivity index (χ0) is 15.1. The summed E-state index contributed by atoms with van der Waals surface area (Å²) in [5, 5.41) is 4.69. The summed E-state index contributed by atoms with van der Waals surface area (Å²) in [5.74, 6) is 0.165. The minimum atomic E-state index is -0.214. The highest BCUT2D eigenvalue weighted by Gasteiger charge is 2.32. The molecule has 1 aliphatic carbocycles. The van der Waals surface area contributed by atoms with Crippen molar-refractivity contribution < 1.29 is 4.79 Å². The second-order valence-electron chi connectivity index (χ2n) is 5.75. The van der Waals surface area contributed by atoms with Crippen LogP contribution in [0.5, 0.6) is 0 Å². The number of aryl methyl sites for hydroxylation is 1. The second kappa shape index (κ2) is 4.95. The summed E-state index contributed by atoms with van der Waals surface area (Å²) in [4.78, 5) is 12.6. The second-order valence-corrected chi connectivity index (χ2v) is 5.75. The smallest absolute Gasteiger partial charge is 0.187 e. The first-order valence-corrected chi connectivity index (χ1v) is 7.47. The van der Waals surface area contributed by atoms with Gasteiger partial charge in [-0.25, -0.2) is 0 Å². The molecule has 1 unspecified atom stereocenters. The van der Waals surface area contributed by atoms with Gasteiger partial charge in [0, 0.05) is 23.7 Å². The topological polar surface area (TPSA) is 34.9 Å². The number of carbonyl (C=O) groups excluding carboxylic acids is 1. The van der Waals surface area contributed by atoms with Crippen molar-refractivity contribution in [3.05, 3.63) is 77.5 Å². The van der Waals surface area contributed by atoms with Crippen molar-refractivity contribution in [3.8, 4) is 11.3 Å². The summed E-state index contributed by atoms with van der Waals surface area (Å²) < 4.78 is 1.83. The van der Waals surface area contributed by atoms with Crippen LogP contribution in [0.4, 0.5) is 0 Å². The molecule has 0 saturated carbocycles. The predicted molar refractivity (Wildman–Crippen MR) is 85.9 cm³/mol. The van der Waals surface area contributed by atoms with Crippen molar-refractivity contribution in [1.82, 2.24) is 9.78 Å². The minimum absolute atomic E-state index is 0.165. The van der Waals surface area contributed by atoms with E-state index >= 15 is 0 Å². The molecule has 108 valence electrons. The number of nitrogens with zero attached hydrogens (tertiary/aromatic N) is 2. The third-order valence-corrected chi connectivity index (χ3v) is 4.28. The van der Waals surface area contributed by atoms with E-state index in [-0.39, 0.29) is 11.8 Å². The molecule has 0 fully saturated rings. The number of ketones is 1. The number of carbonyl (C=O) groups is 1. The van der Waals surface area contributed by atoms with Crippen molar-refractivity contribution in [2.75, 3.05) is 0 Å². The molecule has 22 heavy (non-hydrogen) atoms. The maximum absolute atomic E-state index is 12.6. The Kier molecular flexibility index (Phi) is 2.93. The number of hydrogen-bond donors (Lipinski definition) is 0. The Labute approximate surface area is 129 Å². The fourth-order valence-electron chi connectivity index (χ4n) is 3.16. The SMILES string of the molecule is Cc1cn(C2Cc3ccccc3C2=O)nc1-c1ccccc1. The molecule has 0 saturated heterocycles. The Bertz CT molecular complexity index is 849. The van der Waals surface area contributed by atoms with Gasteiger partial charge in [0.1, 0.15) is 6.04 Å². The summed E-state index contributed by atoms with van der Waals surface area (Å²) in [7, 11) is 0. The zero-order valence-electron chi connectivity index (χ0n) is 12.4. The normalized spacial score (nSPS) is 16.8. The summed E-state index contributed by atoms with van der Waals surface area (Å²) in [6, 6.07) is 17.7. The van der Waals surface area contributed by atoms with Gasteiger partial charge in [0.2, 0.25) is 0 Å². The molecule has 0 N–H and O–H groups in total. The van der Waals surface area contributed by atoms with Crippen LogP contribution in [0, 0.1) is 6.92 Å². The van der Waals surface area contributed by atoms with E-state index in [1.54, 1.807) is 0 Å². The largest absolute Gasteiger partial charge is 0.292 e. The molecule has 3 heteroatoms. The quantitative estimate of drug-likeness (QED) is 0.718. The Morgan fingerprint density at radius 2 is 1.77 bits per heavy atom. The van der Waals surface area contributed by atoms with E-state index in [4.69, 9.17) is 5.10 Å². The Balaban J connectivity index is 1.73. The molecule has 2 aromatic carbocycles. The van der Waals surface area contributed by atoms with E-state index in [0.29, 0.717) is 0 Å². The molecule has 3 aromatic rings. The van der Waals surface area contributed by atoms with E-state index in [2.05, 4.69) is 0 Å². The maximum Gasteiger partial charge on any atom is 0.187 e. The molecule has 0 radical (unpaired) electrons. The molecule has 1 aliphatic rings. The summed E-state index contributed by atoms with van der Waals surface area (Å²) >= 11 is 0. The van der Waals surface area contributed by atoms with Gasteiger partial charge in [0.05, 0.1) is 5.69 Å². The van der Waals surface area contributed by atoms with Gasteiger partial charge >= 0.3 is 0 Å². The first-order chi connectivity index (χ1) is 10.7. The van der Waals surface area contributed by atoms with Crippen LogP contribution in [0.3, 0.4) is 0 Å². The van der Waals surface area contributed by atoms with Crippen LogP contribution in [0.15, 0.2) is 60.8 Å². The summed E-state index contributed by atoms with van der Waals surface area (Å²) in [6.07, 6.45) is 2.71. The molecular formula is C19H16N2O. The lowest BCUT2D eigenvalue weighted by Gasteiger charge is -2.08. The van der Waals surface area contributed by atoms with Crippen LogP contribution >= 0.6 is 0 Å². The van der Waals surface area contributed by atoms with Crippen LogP contribution < -0.4 is 0 Å². The Morgan fingerprint density at radius 3 is 2.55 bits per heavy atom. The van der Waals surface area contributed by atoms with Crippen molar-refractivity contribution >= 4 is 5.78 Å². The molecule has 0 bridgehead atoms. The van der Waals surface area contributed by atoms with Gasteiger partial charge in [-0.2, -0.15) is 5.10 Å². The number of aromatic nitrogens is 2. The van der Waals surface area contributed by atoms with E-state index < -0.39 is 0 Å². The molecule has 0 amide bonds. The van der Waals surface area contributed by atoms with E-state index in [0.717, 1.165) is 34.4 Å². The molecule has 3 nitrogen and oxygen atoms in total. The van der Waals surface area contributed by atoms with Crippen molar-refractivity contribution in [2.45, 2.75) is 19.4 Å². The van der Waals surface area contributed by atoms with Crippen LogP contribution in [-0.2, 0) is 6.42 Å². The van der Waals surface area contributed by atoms with E-state index in [1.807, 2.05) is 72.4 Å². The number of hydrogen-bond acceptors (Lipinski definition) is 2. The fourth-order valence-corrected chi connectivity index (χ4v) is 3.16. The van der Waals surface area contributed by atoms with Crippen molar-refractivity contribution in [2.24, 2.45) is 0 Å². The number of rotatable bonds is 2. The van der Waals surface area contributed by atoms with Crippen LogP contribution in [0.25, 0.3) is 11.3 Å². The van der Waals surface area contributed by atoms with Gasteiger partial charge in [-0.1, -0.05) is 54.6 Å². The highest BCUT2D eigenvalue weighted by atomic mass is 16.1. The molecule has 0 aliphatic heterocycles. The number of fused-ring (bicyclic) bond motifs is 1. The van der Waals surface area contributed by atoms with Gasteiger partial charge in [-0.3, -0.25) is 9.48 Å². The first-order valence-electron chi connectivity index (χ1n) is 7.47. The average Bonchev–Trinajstić information content (AvgIpc) is 3.09.